The lowest BCUT2D eigenvalue weighted by atomic mass is 10.0. The van der Waals surface area contributed by atoms with Crippen molar-refractivity contribution in [3.05, 3.63) is 34.9 Å². The van der Waals surface area contributed by atoms with Crippen molar-refractivity contribution in [3.8, 4) is 0 Å². The van der Waals surface area contributed by atoms with Crippen molar-refractivity contribution < 1.29 is 9.53 Å². The zero-order chi connectivity index (χ0) is 19.6. The minimum absolute atomic E-state index is 0.314. The zero-order valence-electron chi connectivity index (χ0n) is 17.3. The van der Waals surface area contributed by atoms with E-state index >= 15 is 0 Å². The van der Waals surface area contributed by atoms with Gasteiger partial charge in [-0.25, -0.2) is 4.79 Å². The van der Waals surface area contributed by atoms with Crippen LogP contribution in [0.5, 0.6) is 0 Å². The molecule has 1 aromatic rings. The molecule has 1 rings (SSSR count). The first-order chi connectivity index (χ1) is 13.3. The Morgan fingerprint density at radius 3 is 1.67 bits per heavy atom. The van der Waals surface area contributed by atoms with Crippen molar-refractivity contribution >= 4 is 17.6 Å². The maximum absolute atomic E-state index is 11.9. The lowest BCUT2D eigenvalue weighted by Crippen LogP contribution is -2.07. The summed E-state index contributed by atoms with van der Waals surface area (Å²) in [7, 11) is 0. The van der Waals surface area contributed by atoms with Crippen molar-refractivity contribution in [2.24, 2.45) is 0 Å². The number of unbranched alkanes of at least 4 members (excludes halogenated alkanes) is 14. The number of carbonyl (C=O) groups excluding carboxylic acids is 1. The molecule has 0 bridgehead atoms. The van der Waals surface area contributed by atoms with E-state index in [0.29, 0.717) is 17.2 Å². The highest BCUT2D eigenvalue weighted by Gasteiger charge is 2.10. The number of rotatable bonds is 17. The Morgan fingerprint density at radius 2 is 1.19 bits per heavy atom. The van der Waals surface area contributed by atoms with Gasteiger partial charge in [0.2, 0.25) is 0 Å². The van der Waals surface area contributed by atoms with E-state index in [1.54, 1.807) is 18.2 Å². The van der Waals surface area contributed by atoms with E-state index in [1.165, 1.54) is 83.5 Å². The molecule has 0 saturated carbocycles. The van der Waals surface area contributed by atoms with Gasteiger partial charge in [0.05, 0.1) is 17.2 Å². The summed E-state index contributed by atoms with van der Waals surface area (Å²) in [5.41, 5.74) is 0.458. The lowest BCUT2D eigenvalue weighted by Gasteiger charge is -2.06. The number of benzene rings is 1. The normalized spacial score (nSPS) is 10.9. The molecule has 3 heteroatoms. The number of halogens is 1. The van der Waals surface area contributed by atoms with Gasteiger partial charge in [0.1, 0.15) is 0 Å². The first kappa shape index (κ1) is 24.0. The summed E-state index contributed by atoms with van der Waals surface area (Å²) in [6.45, 7) is 2.76. The number of hydrogen-bond donors (Lipinski definition) is 0. The Labute approximate surface area is 172 Å². The molecule has 0 N–H and O–H groups in total. The quantitative estimate of drug-likeness (QED) is 0.196. The fourth-order valence-electron chi connectivity index (χ4n) is 3.34. The molecule has 0 atom stereocenters. The van der Waals surface area contributed by atoms with Gasteiger partial charge in [-0.2, -0.15) is 0 Å². The van der Waals surface area contributed by atoms with Crippen LogP contribution in [-0.4, -0.2) is 12.6 Å². The monoisotopic (exact) mass is 394 g/mol. The summed E-state index contributed by atoms with van der Waals surface area (Å²) in [5, 5.41) is 0.457. The molecule has 0 heterocycles. The summed E-state index contributed by atoms with van der Waals surface area (Å²) >= 11 is 5.99. The van der Waals surface area contributed by atoms with Gasteiger partial charge in [-0.15, -0.1) is 0 Å². The minimum atomic E-state index is -0.314. The number of carbonyl (C=O) groups is 1. The highest BCUT2D eigenvalue weighted by atomic mass is 35.5. The Hall–Kier alpha value is -1.02. The molecular formula is C24H39ClO2. The number of hydrogen-bond acceptors (Lipinski definition) is 2. The molecule has 0 amide bonds. The van der Waals surface area contributed by atoms with E-state index in [4.69, 9.17) is 16.3 Å². The third-order valence-electron chi connectivity index (χ3n) is 5.07. The van der Waals surface area contributed by atoms with Crippen LogP contribution in [0.4, 0.5) is 0 Å². The molecule has 1 aromatic carbocycles. The van der Waals surface area contributed by atoms with Gasteiger partial charge in [0.15, 0.2) is 0 Å². The number of esters is 1. The van der Waals surface area contributed by atoms with Crippen molar-refractivity contribution in [2.45, 2.75) is 103 Å². The standard InChI is InChI=1S/C24H39ClO2/c1-2-3-4-5-6-7-8-9-10-11-12-13-14-15-18-21-27-24(26)22-19-16-17-20-23(22)25/h16-17,19-20H,2-15,18,21H2,1H3. The molecule has 2 nitrogen and oxygen atoms in total. The Bertz CT molecular complexity index is 487. The molecule has 0 spiro atoms. The van der Waals surface area contributed by atoms with E-state index < -0.39 is 0 Å². The van der Waals surface area contributed by atoms with E-state index in [9.17, 15) is 4.79 Å². The van der Waals surface area contributed by atoms with Crippen LogP contribution in [0.25, 0.3) is 0 Å². The molecule has 0 fully saturated rings. The molecule has 27 heavy (non-hydrogen) atoms. The largest absolute Gasteiger partial charge is 0.462 e. The van der Waals surface area contributed by atoms with Gasteiger partial charge >= 0.3 is 5.97 Å². The Kier molecular flexibility index (Phi) is 15.2. The maximum atomic E-state index is 11.9. The number of ether oxygens (including phenoxy) is 1. The summed E-state index contributed by atoms with van der Waals surface area (Å²) < 4.78 is 5.30. The second-order valence-corrected chi connectivity index (χ2v) is 7.97. The highest BCUT2D eigenvalue weighted by molar-refractivity contribution is 6.33. The van der Waals surface area contributed by atoms with Gasteiger partial charge < -0.3 is 4.74 Å². The van der Waals surface area contributed by atoms with Gasteiger partial charge in [-0.05, 0) is 18.6 Å². The molecule has 0 aromatic heterocycles. The Morgan fingerprint density at radius 1 is 0.741 bits per heavy atom. The molecule has 154 valence electrons. The second kappa shape index (κ2) is 17.1. The lowest BCUT2D eigenvalue weighted by molar-refractivity contribution is 0.0498. The average molecular weight is 395 g/mol. The van der Waals surface area contributed by atoms with Crippen LogP contribution >= 0.6 is 11.6 Å². The topological polar surface area (TPSA) is 26.3 Å². The van der Waals surface area contributed by atoms with Crippen LogP contribution in [0.1, 0.15) is 114 Å². The molecule has 0 saturated heterocycles. The molecule has 0 radical (unpaired) electrons. The van der Waals surface area contributed by atoms with Gasteiger partial charge in [0.25, 0.3) is 0 Å². The second-order valence-electron chi connectivity index (χ2n) is 7.57. The van der Waals surface area contributed by atoms with Crippen molar-refractivity contribution in [1.82, 2.24) is 0 Å². The Balaban J connectivity index is 1.82. The van der Waals surface area contributed by atoms with Crippen molar-refractivity contribution in [3.63, 3.8) is 0 Å². The van der Waals surface area contributed by atoms with Crippen LogP contribution in [-0.2, 0) is 4.74 Å². The minimum Gasteiger partial charge on any atom is -0.462 e. The van der Waals surface area contributed by atoms with Crippen LogP contribution < -0.4 is 0 Å². The third kappa shape index (κ3) is 12.9. The van der Waals surface area contributed by atoms with Crippen LogP contribution in [0.15, 0.2) is 24.3 Å². The van der Waals surface area contributed by atoms with Crippen molar-refractivity contribution in [1.29, 1.82) is 0 Å². The van der Waals surface area contributed by atoms with E-state index in [-0.39, 0.29) is 5.97 Å². The molecule has 0 aliphatic rings. The fourth-order valence-corrected chi connectivity index (χ4v) is 3.56. The molecule has 0 unspecified atom stereocenters. The van der Waals surface area contributed by atoms with Gasteiger partial charge in [0, 0.05) is 0 Å². The van der Waals surface area contributed by atoms with Gasteiger partial charge in [-0.3, -0.25) is 0 Å². The van der Waals surface area contributed by atoms with E-state index in [0.717, 1.165) is 12.8 Å². The zero-order valence-corrected chi connectivity index (χ0v) is 18.1. The first-order valence-electron chi connectivity index (χ1n) is 11.2. The van der Waals surface area contributed by atoms with E-state index in [2.05, 4.69) is 6.92 Å². The summed E-state index contributed by atoms with van der Waals surface area (Å²) in [4.78, 5) is 11.9. The van der Waals surface area contributed by atoms with Crippen LogP contribution in [0.2, 0.25) is 5.02 Å². The highest BCUT2D eigenvalue weighted by Crippen LogP contribution is 2.16. The predicted octanol–water partition coefficient (Wildman–Crippen LogP) is 8.37. The molecule has 0 aliphatic heterocycles. The first-order valence-corrected chi connectivity index (χ1v) is 11.5. The molecular weight excluding hydrogens is 356 g/mol. The summed E-state index contributed by atoms with van der Waals surface area (Å²) in [6, 6.07) is 7.03. The summed E-state index contributed by atoms with van der Waals surface area (Å²) in [5.74, 6) is -0.314. The SMILES string of the molecule is CCCCCCCCCCCCCCCCCOC(=O)c1ccccc1Cl. The maximum Gasteiger partial charge on any atom is 0.339 e. The van der Waals surface area contributed by atoms with Gasteiger partial charge in [-0.1, -0.05) is 121 Å². The predicted molar refractivity (Wildman–Crippen MR) is 117 cm³/mol. The van der Waals surface area contributed by atoms with Crippen LogP contribution in [0.3, 0.4) is 0 Å². The fraction of sp³-hybridized carbons (Fsp3) is 0.708. The van der Waals surface area contributed by atoms with E-state index in [1.807, 2.05) is 6.07 Å². The van der Waals surface area contributed by atoms with Crippen LogP contribution in [0, 0.1) is 0 Å². The smallest absolute Gasteiger partial charge is 0.339 e. The third-order valence-corrected chi connectivity index (χ3v) is 5.40. The van der Waals surface area contributed by atoms with Crippen molar-refractivity contribution in [2.75, 3.05) is 6.61 Å². The molecule has 0 aliphatic carbocycles. The summed E-state index contributed by atoms with van der Waals surface area (Å²) in [6.07, 6.45) is 20.0. The average Bonchev–Trinajstić information content (AvgIpc) is 2.68.